The third-order valence-corrected chi connectivity index (χ3v) is 4.17. The number of hydrogen-bond donors (Lipinski definition) is 2. The van der Waals surface area contributed by atoms with Crippen molar-refractivity contribution in [3.63, 3.8) is 0 Å². The summed E-state index contributed by atoms with van der Waals surface area (Å²) in [5.41, 5.74) is 5.80. The molecule has 0 heterocycles. The Morgan fingerprint density at radius 3 is 2.18 bits per heavy atom. The lowest BCUT2D eigenvalue weighted by molar-refractivity contribution is 0.0719. The predicted molar refractivity (Wildman–Crippen MR) is 73.8 cm³/mol. The Kier molecular flexibility index (Phi) is 7.14. The van der Waals surface area contributed by atoms with E-state index in [4.69, 9.17) is 5.73 Å². The molecular weight excluding hydrogens is 210 g/mol. The minimum Gasteiger partial charge on any atom is -0.393 e. The van der Waals surface area contributed by atoms with E-state index in [0.717, 1.165) is 18.8 Å². The van der Waals surface area contributed by atoms with Crippen molar-refractivity contribution in [2.75, 3.05) is 6.54 Å². The van der Waals surface area contributed by atoms with Gasteiger partial charge in [-0.15, -0.1) is 0 Å². The molecule has 0 bridgehead atoms. The van der Waals surface area contributed by atoms with Crippen molar-refractivity contribution in [3.8, 4) is 0 Å². The minimum absolute atomic E-state index is 0.175. The summed E-state index contributed by atoms with van der Waals surface area (Å²) in [5, 5.41) is 10.3. The van der Waals surface area contributed by atoms with Gasteiger partial charge in [-0.25, -0.2) is 0 Å². The van der Waals surface area contributed by atoms with Crippen molar-refractivity contribution in [2.45, 2.75) is 71.3 Å². The average molecular weight is 241 g/mol. The highest BCUT2D eigenvalue weighted by molar-refractivity contribution is 4.76. The van der Waals surface area contributed by atoms with Gasteiger partial charge >= 0.3 is 0 Å². The van der Waals surface area contributed by atoms with E-state index in [2.05, 4.69) is 13.8 Å². The highest BCUT2D eigenvalue weighted by Crippen LogP contribution is 2.29. The quantitative estimate of drug-likeness (QED) is 0.701. The molecule has 102 valence electrons. The fourth-order valence-corrected chi connectivity index (χ4v) is 3.15. The van der Waals surface area contributed by atoms with Crippen LogP contribution in [-0.2, 0) is 0 Å². The van der Waals surface area contributed by atoms with Gasteiger partial charge < -0.3 is 10.8 Å². The van der Waals surface area contributed by atoms with Crippen LogP contribution in [0.4, 0.5) is 0 Å². The van der Waals surface area contributed by atoms with Gasteiger partial charge in [-0.05, 0) is 37.1 Å². The number of aliphatic hydroxyl groups is 1. The first-order valence-electron chi connectivity index (χ1n) is 7.51. The van der Waals surface area contributed by atoms with Crippen LogP contribution in [0.25, 0.3) is 0 Å². The molecule has 1 fully saturated rings. The molecule has 0 aromatic heterocycles. The molecule has 0 aromatic carbocycles. The SMILES string of the molecule is CC(C)CC(CN)C(O)CC1CCCCCC1. The Balaban J connectivity index is 2.36. The Labute approximate surface area is 107 Å². The van der Waals surface area contributed by atoms with Crippen LogP contribution >= 0.6 is 0 Å². The van der Waals surface area contributed by atoms with Crippen LogP contribution in [0.1, 0.15) is 65.2 Å². The molecule has 17 heavy (non-hydrogen) atoms. The first-order valence-corrected chi connectivity index (χ1v) is 7.51. The van der Waals surface area contributed by atoms with Gasteiger partial charge in [-0.3, -0.25) is 0 Å². The molecule has 1 rings (SSSR count). The third kappa shape index (κ3) is 5.87. The molecule has 0 spiro atoms. The van der Waals surface area contributed by atoms with Gasteiger partial charge in [0.2, 0.25) is 0 Å². The summed E-state index contributed by atoms with van der Waals surface area (Å²) in [6, 6.07) is 0. The lowest BCUT2D eigenvalue weighted by Gasteiger charge is -2.26. The van der Waals surface area contributed by atoms with Crippen LogP contribution in [0, 0.1) is 17.8 Å². The molecule has 2 nitrogen and oxygen atoms in total. The molecule has 2 heteroatoms. The zero-order valence-electron chi connectivity index (χ0n) is 11.7. The number of hydrogen-bond acceptors (Lipinski definition) is 2. The predicted octanol–water partition coefficient (Wildman–Crippen LogP) is 3.33. The molecule has 0 radical (unpaired) electrons. The van der Waals surface area contributed by atoms with E-state index in [1.807, 2.05) is 0 Å². The van der Waals surface area contributed by atoms with E-state index in [1.54, 1.807) is 0 Å². The summed E-state index contributed by atoms with van der Waals surface area (Å²) in [4.78, 5) is 0. The highest BCUT2D eigenvalue weighted by atomic mass is 16.3. The molecule has 1 aliphatic carbocycles. The summed E-state index contributed by atoms with van der Waals surface area (Å²) in [7, 11) is 0. The average Bonchev–Trinajstić information content (AvgIpc) is 2.54. The largest absolute Gasteiger partial charge is 0.393 e. The molecule has 2 atom stereocenters. The van der Waals surface area contributed by atoms with Gasteiger partial charge in [0.1, 0.15) is 0 Å². The van der Waals surface area contributed by atoms with Gasteiger partial charge in [-0.1, -0.05) is 52.4 Å². The maximum Gasteiger partial charge on any atom is 0.0583 e. The van der Waals surface area contributed by atoms with Crippen molar-refractivity contribution in [2.24, 2.45) is 23.5 Å². The van der Waals surface area contributed by atoms with Crippen molar-refractivity contribution in [1.29, 1.82) is 0 Å². The Hall–Kier alpha value is -0.0800. The molecule has 1 saturated carbocycles. The molecular formula is C15H31NO. The van der Waals surface area contributed by atoms with Crippen LogP contribution in [0.5, 0.6) is 0 Å². The van der Waals surface area contributed by atoms with E-state index in [1.165, 1.54) is 38.5 Å². The minimum atomic E-state index is -0.175. The lowest BCUT2D eigenvalue weighted by Crippen LogP contribution is -2.30. The molecule has 3 N–H and O–H groups in total. The fourth-order valence-electron chi connectivity index (χ4n) is 3.15. The van der Waals surface area contributed by atoms with Crippen LogP contribution < -0.4 is 5.73 Å². The zero-order valence-corrected chi connectivity index (χ0v) is 11.7. The van der Waals surface area contributed by atoms with Crippen LogP contribution in [0.3, 0.4) is 0 Å². The zero-order chi connectivity index (χ0) is 12.7. The van der Waals surface area contributed by atoms with Crippen LogP contribution in [0.15, 0.2) is 0 Å². The normalized spacial score (nSPS) is 22.4. The Morgan fingerprint density at radius 1 is 1.12 bits per heavy atom. The van der Waals surface area contributed by atoms with Crippen LogP contribution in [-0.4, -0.2) is 17.8 Å². The monoisotopic (exact) mass is 241 g/mol. The van der Waals surface area contributed by atoms with Crippen molar-refractivity contribution < 1.29 is 5.11 Å². The topological polar surface area (TPSA) is 46.2 Å². The van der Waals surface area contributed by atoms with E-state index in [0.29, 0.717) is 18.4 Å². The molecule has 1 aliphatic rings. The summed E-state index contributed by atoms with van der Waals surface area (Å²) < 4.78 is 0. The van der Waals surface area contributed by atoms with Gasteiger partial charge in [0.25, 0.3) is 0 Å². The molecule has 0 amide bonds. The van der Waals surface area contributed by atoms with Crippen molar-refractivity contribution in [3.05, 3.63) is 0 Å². The standard InChI is InChI=1S/C15H31NO/c1-12(2)9-14(11-16)15(17)10-13-7-5-3-4-6-8-13/h12-15,17H,3-11,16H2,1-2H3. The maximum absolute atomic E-state index is 10.3. The number of rotatable bonds is 6. The van der Waals surface area contributed by atoms with E-state index in [9.17, 15) is 5.11 Å². The lowest BCUT2D eigenvalue weighted by atomic mass is 9.85. The van der Waals surface area contributed by atoms with Crippen LogP contribution in [0.2, 0.25) is 0 Å². The van der Waals surface area contributed by atoms with E-state index < -0.39 is 0 Å². The Bertz CT molecular complexity index is 185. The maximum atomic E-state index is 10.3. The molecule has 0 aliphatic heterocycles. The van der Waals surface area contributed by atoms with E-state index >= 15 is 0 Å². The first-order chi connectivity index (χ1) is 8.13. The second-order valence-electron chi connectivity index (χ2n) is 6.29. The summed E-state index contributed by atoms with van der Waals surface area (Å²) in [5.74, 6) is 1.68. The summed E-state index contributed by atoms with van der Waals surface area (Å²) in [6.07, 6.45) is 9.98. The van der Waals surface area contributed by atoms with Gasteiger partial charge in [-0.2, -0.15) is 0 Å². The van der Waals surface area contributed by atoms with Crippen molar-refractivity contribution in [1.82, 2.24) is 0 Å². The summed E-state index contributed by atoms with van der Waals surface area (Å²) in [6.45, 7) is 5.05. The second-order valence-corrected chi connectivity index (χ2v) is 6.29. The van der Waals surface area contributed by atoms with Gasteiger partial charge in [0.05, 0.1) is 6.10 Å². The Morgan fingerprint density at radius 2 is 1.71 bits per heavy atom. The highest BCUT2D eigenvalue weighted by Gasteiger charge is 2.23. The molecule has 2 unspecified atom stereocenters. The number of aliphatic hydroxyl groups excluding tert-OH is 1. The number of nitrogens with two attached hydrogens (primary N) is 1. The van der Waals surface area contributed by atoms with Crippen molar-refractivity contribution >= 4 is 0 Å². The third-order valence-electron chi connectivity index (χ3n) is 4.17. The second kappa shape index (κ2) is 8.10. The fraction of sp³-hybridized carbons (Fsp3) is 1.00. The summed E-state index contributed by atoms with van der Waals surface area (Å²) >= 11 is 0. The van der Waals surface area contributed by atoms with Gasteiger partial charge in [0, 0.05) is 0 Å². The smallest absolute Gasteiger partial charge is 0.0583 e. The molecule has 0 aromatic rings. The molecule has 0 saturated heterocycles. The first kappa shape index (κ1) is 15.0. The van der Waals surface area contributed by atoms with E-state index in [-0.39, 0.29) is 6.10 Å². The van der Waals surface area contributed by atoms with Gasteiger partial charge in [0.15, 0.2) is 0 Å².